The summed E-state index contributed by atoms with van der Waals surface area (Å²) in [5.74, 6) is -0.709. The highest BCUT2D eigenvalue weighted by atomic mass is 35.5. The van der Waals surface area contributed by atoms with Gasteiger partial charge in [0.15, 0.2) is 0 Å². The van der Waals surface area contributed by atoms with Crippen molar-refractivity contribution in [2.75, 3.05) is 6.54 Å². The van der Waals surface area contributed by atoms with Gasteiger partial charge in [-0.1, -0.05) is 53.6 Å². The minimum Gasteiger partial charge on any atom is -0.272 e. The zero-order valence-electron chi connectivity index (χ0n) is 18.1. The van der Waals surface area contributed by atoms with Gasteiger partial charge in [0.1, 0.15) is 0 Å². The Hall–Kier alpha value is -3.60. The number of aryl methyl sites for hydroxylation is 1. The van der Waals surface area contributed by atoms with E-state index in [9.17, 15) is 23.3 Å². The van der Waals surface area contributed by atoms with E-state index in [0.29, 0.717) is 10.6 Å². The van der Waals surface area contributed by atoms with Crippen molar-refractivity contribution < 1.29 is 18.1 Å². The Morgan fingerprint density at radius 1 is 1.09 bits per heavy atom. The highest BCUT2D eigenvalue weighted by Gasteiger charge is 2.27. The molecule has 0 spiro atoms. The predicted octanol–water partition coefficient (Wildman–Crippen LogP) is 3.90. The van der Waals surface area contributed by atoms with E-state index in [0.717, 1.165) is 16.1 Å². The third-order valence-electron chi connectivity index (χ3n) is 4.78. The number of rotatable bonds is 9. The number of nitro groups is 1. The zero-order valence-corrected chi connectivity index (χ0v) is 19.7. The molecule has 0 unspecified atom stereocenters. The van der Waals surface area contributed by atoms with E-state index >= 15 is 0 Å². The van der Waals surface area contributed by atoms with Crippen molar-refractivity contribution in [2.45, 2.75) is 18.4 Å². The Labute approximate surface area is 201 Å². The first kappa shape index (κ1) is 25.0. The number of nitrogens with one attached hydrogen (secondary N) is 1. The number of carbonyl (C=O) groups is 1. The van der Waals surface area contributed by atoms with Crippen molar-refractivity contribution in [2.24, 2.45) is 5.10 Å². The minimum absolute atomic E-state index is 0.0447. The van der Waals surface area contributed by atoms with Crippen LogP contribution in [0.5, 0.6) is 0 Å². The van der Waals surface area contributed by atoms with Crippen LogP contribution in [0, 0.1) is 17.0 Å². The molecular weight excluding hydrogens is 480 g/mol. The third-order valence-corrected chi connectivity index (χ3v) is 6.84. The third kappa shape index (κ3) is 6.47. The van der Waals surface area contributed by atoms with E-state index in [1.165, 1.54) is 30.3 Å². The number of carbonyl (C=O) groups excluding carboxylic acids is 1. The first-order chi connectivity index (χ1) is 16.2. The van der Waals surface area contributed by atoms with Gasteiger partial charge in [0.2, 0.25) is 10.0 Å². The van der Waals surface area contributed by atoms with Gasteiger partial charge in [0.05, 0.1) is 28.1 Å². The molecule has 3 aromatic carbocycles. The van der Waals surface area contributed by atoms with E-state index in [1.807, 2.05) is 6.92 Å². The van der Waals surface area contributed by atoms with Crippen LogP contribution in [0.4, 0.5) is 5.69 Å². The summed E-state index contributed by atoms with van der Waals surface area (Å²) in [5.41, 5.74) is 3.78. The number of halogens is 1. The van der Waals surface area contributed by atoms with Crippen LogP contribution in [0.3, 0.4) is 0 Å². The van der Waals surface area contributed by atoms with Gasteiger partial charge in [-0.15, -0.1) is 0 Å². The maximum absolute atomic E-state index is 13.3. The lowest BCUT2D eigenvalue weighted by molar-refractivity contribution is -0.385. The topological polar surface area (TPSA) is 122 Å². The highest BCUT2D eigenvalue weighted by molar-refractivity contribution is 7.89. The molecule has 1 N–H and O–H groups in total. The Bertz CT molecular complexity index is 1310. The van der Waals surface area contributed by atoms with Gasteiger partial charge in [0, 0.05) is 17.6 Å². The number of para-hydroxylation sites is 1. The molecule has 3 aromatic rings. The Kier molecular flexibility index (Phi) is 8.11. The number of hydrazone groups is 1. The summed E-state index contributed by atoms with van der Waals surface area (Å²) in [6.07, 6.45) is 1.13. The van der Waals surface area contributed by atoms with Gasteiger partial charge in [-0.25, -0.2) is 13.8 Å². The SMILES string of the molecule is Cc1ccc(S(=O)(=O)N(CC(=O)NN=Cc2ccccc2[N+](=O)[O-])Cc2ccc(Cl)cc2)cc1. The number of nitro benzene ring substituents is 1. The Morgan fingerprint density at radius 2 is 1.74 bits per heavy atom. The van der Waals surface area contributed by atoms with Crippen molar-refractivity contribution in [3.63, 3.8) is 0 Å². The molecule has 0 fully saturated rings. The average Bonchev–Trinajstić information content (AvgIpc) is 2.80. The molecule has 0 saturated heterocycles. The van der Waals surface area contributed by atoms with E-state index in [2.05, 4.69) is 10.5 Å². The molecule has 176 valence electrons. The van der Waals surface area contributed by atoms with Gasteiger partial charge in [0.25, 0.3) is 11.6 Å². The second-order valence-corrected chi connectivity index (χ2v) is 9.70. The number of sulfonamides is 1. The van der Waals surface area contributed by atoms with Crippen LogP contribution in [0.15, 0.2) is 82.8 Å². The molecule has 0 radical (unpaired) electrons. The highest BCUT2D eigenvalue weighted by Crippen LogP contribution is 2.20. The minimum atomic E-state index is -4.02. The molecule has 34 heavy (non-hydrogen) atoms. The van der Waals surface area contributed by atoms with E-state index in [-0.39, 0.29) is 22.7 Å². The Morgan fingerprint density at radius 3 is 2.38 bits per heavy atom. The molecule has 0 aromatic heterocycles. The molecule has 9 nitrogen and oxygen atoms in total. The molecule has 3 rings (SSSR count). The summed E-state index contributed by atoms with van der Waals surface area (Å²) in [7, 11) is -4.02. The lowest BCUT2D eigenvalue weighted by atomic mass is 10.2. The summed E-state index contributed by atoms with van der Waals surface area (Å²) in [6.45, 7) is 1.24. The van der Waals surface area contributed by atoms with Gasteiger partial charge in [-0.3, -0.25) is 14.9 Å². The van der Waals surface area contributed by atoms with Crippen LogP contribution in [0.2, 0.25) is 5.02 Å². The summed E-state index contributed by atoms with van der Waals surface area (Å²) in [5, 5.41) is 15.4. The monoisotopic (exact) mass is 500 g/mol. The maximum Gasteiger partial charge on any atom is 0.278 e. The van der Waals surface area contributed by atoms with Gasteiger partial charge in [-0.05, 0) is 42.8 Å². The van der Waals surface area contributed by atoms with E-state index in [4.69, 9.17) is 11.6 Å². The van der Waals surface area contributed by atoms with Crippen molar-refractivity contribution >= 4 is 39.4 Å². The standard InChI is InChI=1S/C23H21ClN4O5S/c1-17-6-12-21(13-7-17)34(32,33)27(15-18-8-10-20(24)11-9-18)16-23(29)26-25-14-19-4-2-3-5-22(19)28(30)31/h2-14H,15-16H2,1H3,(H,26,29). The number of hydrogen-bond donors (Lipinski definition) is 1. The number of benzene rings is 3. The quantitative estimate of drug-likeness (QED) is 0.271. The smallest absolute Gasteiger partial charge is 0.272 e. The van der Waals surface area contributed by atoms with Gasteiger partial charge < -0.3 is 0 Å². The second-order valence-electron chi connectivity index (χ2n) is 7.32. The zero-order chi connectivity index (χ0) is 24.7. The van der Waals surface area contributed by atoms with Crippen molar-refractivity contribution in [3.05, 3.63) is 105 Å². The average molecular weight is 501 g/mol. The molecule has 0 aliphatic rings. The lowest BCUT2D eigenvalue weighted by Gasteiger charge is -2.21. The molecule has 0 atom stereocenters. The maximum atomic E-state index is 13.3. The first-order valence-corrected chi connectivity index (χ1v) is 11.9. The summed E-state index contributed by atoms with van der Waals surface area (Å²) in [4.78, 5) is 23.1. The summed E-state index contributed by atoms with van der Waals surface area (Å²) in [6, 6.07) is 18.8. The van der Waals surface area contributed by atoms with Gasteiger partial charge >= 0.3 is 0 Å². The largest absolute Gasteiger partial charge is 0.278 e. The van der Waals surface area contributed by atoms with Crippen LogP contribution in [-0.2, 0) is 21.4 Å². The van der Waals surface area contributed by atoms with Crippen LogP contribution in [0.1, 0.15) is 16.7 Å². The van der Waals surface area contributed by atoms with Crippen LogP contribution in [-0.4, -0.2) is 36.3 Å². The summed E-state index contributed by atoms with van der Waals surface area (Å²) < 4.78 is 27.6. The molecule has 0 saturated carbocycles. The second kappa shape index (κ2) is 11.0. The molecule has 11 heteroatoms. The number of nitrogens with zero attached hydrogens (tertiary/aromatic N) is 3. The fourth-order valence-electron chi connectivity index (χ4n) is 3.01. The van der Waals surface area contributed by atoms with E-state index in [1.54, 1.807) is 42.5 Å². The normalized spacial score (nSPS) is 11.6. The first-order valence-electron chi connectivity index (χ1n) is 10.0. The molecule has 0 aliphatic carbocycles. The lowest BCUT2D eigenvalue weighted by Crippen LogP contribution is -2.39. The number of amides is 1. The van der Waals surface area contributed by atoms with Crippen LogP contribution >= 0.6 is 11.6 Å². The molecule has 0 heterocycles. The van der Waals surface area contributed by atoms with Gasteiger partial charge in [-0.2, -0.15) is 9.41 Å². The van der Waals surface area contributed by atoms with E-state index < -0.39 is 27.4 Å². The molecule has 0 aliphatic heterocycles. The molecule has 1 amide bonds. The summed E-state index contributed by atoms with van der Waals surface area (Å²) >= 11 is 5.92. The number of hydrogen-bond acceptors (Lipinski definition) is 6. The Balaban J connectivity index is 1.80. The molecular formula is C23H21ClN4O5S. The van der Waals surface area contributed by atoms with Crippen LogP contribution in [0.25, 0.3) is 0 Å². The van der Waals surface area contributed by atoms with Crippen molar-refractivity contribution in [3.8, 4) is 0 Å². The fraction of sp³-hybridized carbons (Fsp3) is 0.130. The molecule has 0 bridgehead atoms. The predicted molar refractivity (Wildman–Crippen MR) is 129 cm³/mol. The van der Waals surface area contributed by atoms with Crippen LogP contribution < -0.4 is 5.43 Å². The van der Waals surface area contributed by atoms with Crippen molar-refractivity contribution in [1.82, 2.24) is 9.73 Å². The van der Waals surface area contributed by atoms with Crippen molar-refractivity contribution in [1.29, 1.82) is 0 Å². The fourth-order valence-corrected chi connectivity index (χ4v) is 4.52.